The van der Waals surface area contributed by atoms with Gasteiger partial charge in [-0.3, -0.25) is 19.3 Å². The van der Waals surface area contributed by atoms with Gasteiger partial charge < -0.3 is 29.5 Å². The van der Waals surface area contributed by atoms with Gasteiger partial charge in [-0.05, 0) is 75.3 Å². The van der Waals surface area contributed by atoms with Gasteiger partial charge in [0.2, 0.25) is 11.8 Å². The van der Waals surface area contributed by atoms with Gasteiger partial charge in [0.15, 0.2) is 0 Å². The number of likely N-dealkylation sites (tertiary alicyclic amines) is 1. The zero-order valence-corrected chi connectivity index (χ0v) is 24.3. The molecule has 2 aromatic rings. The van der Waals surface area contributed by atoms with E-state index in [0.29, 0.717) is 49.7 Å². The largest absolute Gasteiger partial charge is 0.457 e. The van der Waals surface area contributed by atoms with Crippen molar-refractivity contribution < 1.29 is 23.9 Å². The van der Waals surface area contributed by atoms with Gasteiger partial charge >= 0.3 is 0 Å². The van der Waals surface area contributed by atoms with Crippen LogP contribution in [0.5, 0.6) is 11.5 Å². The molecule has 0 unspecified atom stereocenters. The molecule has 5 rings (SSSR count). The van der Waals surface area contributed by atoms with Crippen molar-refractivity contribution in [3.05, 3.63) is 59.2 Å². The van der Waals surface area contributed by atoms with Crippen LogP contribution in [0, 0.1) is 6.92 Å². The van der Waals surface area contributed by atoms with Crippen LogP contribution >= 0.6 is 0 Å². The van der Waals surface area contributed by atoms with Crippen LogP contribution in [-0.4, -0.2) is 116 Å². The van der Waals surface area contributed by atoms with Gasteiger partial charge in [-0.1, -0.05) is 18.2 Å². The predicted octanol–water partition coefficient (Wildman–Crippen LogP) is 2.11. The average molecular weight is 564 g/mol. The minimum Gasteiger partial charge on any atom is -0.457 e. The number of ether oxygens (including phenoxy) is 2. The highest BCUT2D eigenvalue weighted by molar-refractivity contribution is 5.96. The molecular formula is C31H41N5O5. The molecule has 3 heterocycles. The third kappa shape index (κ3) is 7.44. The Bertz CT molecular complexity index is 1270. The number of amides is 3. The fourth-order valence-electron chi connectivity index (χ4n) is 5.68. The zero-order chi connectivity index (χ0) is 28.9. The molecule has 10 heteroatoms. The van der Waals surface area contributed by atoms with E-state index in [4.69, 9.17) is 9.47 Å². The van der Waals surface area contributed by atoms with E-state index >= 15 is 0 Å². The van der Waals surface area contributed by atoms with E-state index in [1.54, 1.807) is 19.2 Å². The maximum Gasteiger partial charge on any atom is 0.254 e. The molecule has 2 atom stereocenters. The fraction of sp³-hybridized carbons (Fsp3) is 0.516. The summed E-state index contributed by atoms with van der Waals surface area (Å²) in [5.74, 6) is 0.748. The van der Waals surface area contributed by atoms with Crippen molar-refractivity contribution in [1.29, 1.82) is 0 Å². The fourth-order valence-corrected chi connectivity index (χ4v) is 5.68. The number of piperidine rings is 1. The molecule has 2 fully saturated rings. The van der Waals surface area contributed by atoms with Crippen LogP contribution in [0.1, 0.15) is 34.3 Å². The normalized spacial score (nSPS) is 23.3. The minimum atomic E-state index is -0.391. The highest BCUT2D eigenvalue weighted by atomic mass is 16.5. The van der Waals surface area contributed by atoms with Crippen LogP contribution in [0.4, 0.5) is 0 Å². The first-order valence-electron chi connectivity index (χ1n) is 14.5. The van der Waals surface area contributed by atoms with Gasteiger partial charge in [0, 0.05) is 38.8 Å². The van der Waals surface area contributed by atoms with Gasteiger partial charge in [0.05, 0.1) is 31.8 Å². The molecule has 4 bridgehead atoms. The Labute approximate surface area is 242 Å². The first kappa shape index (κ1) is 29.0. The van der Waals surface area contributed by atoms with Crippen molar-refractivity contribution in [3.8, 4) is 11.5 Å². The number of nitrogens with zero attached hydrogens (tertiary/aromatic N) is 4. The lowest BCUT2D eigenvalue weighted by Gasteiger charge is -2.39. The Balaban J connectivity index is 1.33. The number of likely N-dealkylation sites (N-methyl/N-ethyl adjacent to an activating group) is 2. The molecule has 3 aliphatic heterocycles. The summed E-state index contributed by atoms with van der Waals surface area (Å²) in [4.78, 5) is 47.4. The number of hydrogen-bond acceptors (Lipinski definition) is 7. The number of aryl methyl sites for hydroxylation is 1. The molecule has 41 heavy (non-hydrogen) atoms. The molecule has 0 aliphatic carbocycles. The number of benzene rings is 2. The van der Waals surface area contributed by atoms with E-state index in [9.17, 15) is 14.4 Å². The predicted molar refractivity (Wildman–Crippen MR) is 155 cm³/mol. The second-order valence-corrected chi connectivity index (χ2v) is 11.5. The monoisotopic (exact) mass is 563 g/mol. The highest BCUT2D eigenvalue weighted by Crippen LogP contribution is 2.28. The number of hydrogen-bond donors (Lipinski definition) is 1. The Morgan fingerprint density at radius 3 is 2.73 bits per heavy atom. The van der Waals surface area contributed by atoms with E-state index in [0.717, 1.165) is 43.7 Å². The van der Waals surface area contributed by atoms with E-state index in [-0.39, 0.29) is 30.4 Å². The summed E-state index contributed by atoms with van der Waals surface area (Å²) in [6, 6.07) is 12.6. The quantitative estimate of drug-likeness (QED) is 0.598. The van der Waals surface area contributed by atoms with Crippen LogP contribution < -0.4 is 10.1 Å². The summed E-state index contributed by atoms with van der Waals surface area (Å²) in [5.41, 5.74) is 2.28. The lowest BCUT2D eigenvalue weighted by molar-refractivity contribution is -0.138. The maximum atomic E-state index is 13.3. The number of rotatable bonds is 2. The maximum absolute atomic E-state index is 13.3. The highest BCUT2D eigenvalue weighted by Gasteiger charge is 2.34. The zero-order valence-electron chi connectivity index (χ0n) is 24.3. The Morgan fingerprint density at radius 1 is 1.02 bits per heavy atom. The number of carbonyl (C=O) groups is 3. The van der Waals surface area contributed by atoms with E-state index in [1.165, 1.54) is 4.90 Å². The molecule has 0 spiro atoms. The summed E-state index contributed by atoms with van der Waals surface area (Å²) in [6.07, 6.45) is 1.37. The topological polar surface area (TPSA) is 94.7 Å². The molecule has 2 aromatic carbocycles. The van der Waals surface area contributed by atoms with Gasteiger partial charge in [0.25, 0.3) is 5.91 Å². The molecule has 3 aliphatic rings. The van der Waals surface area contributed by atoms with E-state index in [1.807, 2.05) is 42.2 Å². The second kappa shape index (κ2) is 13.0. The molecule has 0 radical (unpaired) electrons. The lowest BCUT2D eigenvalue weighted by atomic mass is 10.0. The third-order valence-electron chi connectivity index (χ3n) is 8.17. The summed E-state index contributed by atoms with van der Waals surface area (Å²) >= 11 is 0. The van der Waals surface area contributed by atoms with Gasteiger partial charge in [0.1, 0.15) is 11.5 Å². The van der Waals surface area contributed by atoms with Gasteiger partial charge in [-0.25, -0.2) is 0 Å². The van der Waals surface area contributed by atoms with Crippen molar-refractivity contribution in [2.45, 2.75) is 38.5 Å². The third-order valence-corrected chi connectivity index (χ3v) is 8.17. The molecule has 1 N–H and O–H groups in total. The summed E-state index contributed by atoms with van der Waals surface area (Å²) in [5, 5.41) is 3.08. The molecule has 3 amide bonds. The van der Waals surface area contributed by atoms with Crippen molar-refractivity contribution in [1.82, 2.24) is 24.9 Å². The summed E-state index contributed by atoms with van der Waals surface area (Å²) in [7, 11) is 3.72. The molecule has 2 saturated heterocycles. The lowest BCUT2D eigenvalue weighted by Crippen LogP contribution is -2.59. The molecule has 220 valence electrons. The summed E-state index contributed by atoms with van der Waals surface area (Å²) < 4.78 is 12.5. The van der Waals surface area contributed by atoms with Crippen molar-refractivity contribution >= 4 is 17.7 Å². The Morgan fingerprint density at radius 2 is 1.88 bits per heavy atom. The Kier molecular flexibility index (Phi) is 9.22. The second-order valence-electron chi connectivity index (χ2n) is 11.5. The Hall–Kier alpha value is -3.47. The molecular weight excluding hydrogens is 522 g/mol. The first-order chi connectivity index (χ1) is 19.7. The van der Waals surface area contributed by atoms with Crippen LogP contribution in [0.25, 0.3) is 0 Å². The van der Waals surface area contributed by atoms with Crippen molar-refractivity contribution in [2.24, 2.45) is 0 Å². The number of nitrogens with one attached hydrogen (secondary N) is 1. The van der Waals surface area contributed by atoms with Crippen LogP contribution in [0.3, 0.4) is 0 Å². The van der Waals surface area contributed by atoms with Crippen LogP contribution in [0.15, 0.2) is 42.5 Å². The standard InChI is InChI=1S/C31H41N5O5/c1-22-8-9-24-17-28(22)41-25-7-4-6-23(16-25)21-40-27-10-13-36(18-26(27)32-29(37)19-34(3)31(24)39)30(38)20-35-12-5-11-33(2)14-15-35/h4,6-9,16-17,26-27H,5,10-15,18-21H2,1-3H3,(H,32,37)/t26-,27+/m0/s1. The molecule has 10 nitrogen and oxygen atoms in total. The average Bonchev–Trinajstić information content (AvgIpc) is 3.16. The SMILES string of the molecule is Cc1ccc2cc1Oc1cccc(c1)CO[C@@H]1CCN(C(=O)CN3CCCN(C)CC3)C[C@@H]1NC(=O)CN(C)C2=O. The van der Waals surface area contributed by atoms with Crippen LogP contribution in [-0.2, 0) is 20.9 Å². The van der Waals surface area contributed by atoms with Crippen LogP contribution in [0.2, 0.25) is 0 Å². The molecule has 0 saturated carbocycles. The van der Waals surface area contributed by atoms with Crippen molar-refractivity contribution in [3.63, 3.8) is 0 Å². The van der Waals surface area contributed by atoms with Crippen molar-refractivity contribution in [2.75, 3.05) is 66.5 Å². The van der Waals surface area contributed by atoms with Gasteiger partial charge in [-0.15, -0.1) is 0 Å². The number of fused-ring (bicyclic) bond motifs is 5. The summed E-state index contributed by atoms with van der Waals surface area (Å²) in [6.45, 7) is 7.24. The van der Waals surface area contributed by atoms with E-state index in [2.05, 4.69) is 22.2 Å². The first-order valence-corrected chi connectivity index (χ1v) is 14.5. The smallest absolute Gasteiger partial charge is 0.254 e. The number of carbonyl (C=O) groups excluding carboxylic acids is 3. The molecule has 0 aromatic heterocycles. The van der Waals surface area contributed by atoms with Gasteiger partial charge in [-0.2, -0.15) is 0 Å². The van der Waals surface area contributed by atoms with E-state index < -0.39 is 6.04 Å². The minimum absolute atomic E-state index is 0.0710.